The molecule has 0 aliphatic heterocycles. The molecule has 15 heavy (non-hydrogen) atoms. The van der Waals surface area contributed by atoms with Gasteiger partial charge < -0.3 is 0 Å². The fraction of sp³-hybridized carbons (Fsp3) is 0.917. The van der Waals surface area contributed by atoms with E-state index in [9.17, 15) is 5.26 Å². The third kappa shape index (κ3) is 2.93. The van der Waals surface area contributed by atoms with Crippen LogP contribution in [0.3, 0.4) is 0 Å². The molecule has 1 atom stereocenters. The molecule has 0 bridgehead atoms. The second kappa shape index (κ2) is 4.11. The molecular formula is C12H21N3. The molecule has 2 saturated carbocycles. The van der Waals surface area contributed by atoms with Gasteiger partial charge in [0.1, 0.15) is 5.54 Å². The van der Waals surface area contributed by atoms with E-state index < -0.39 is 0 Å². The van der Waals surface area contributed by atoms with Gasteiger partial charge in [0.05, 0.1) is 6.07 Å². The van der Waals surface area contributed by atoms with Crippen LogP contribution in [0.25, 0.3) is 0 Å². The molecule has 1 unspecified atom stereocenters. The second-order valence-corrected chi connectivity index (χ2v) is 5.16. The molecule has 84 valence electrons. The Balaban J connectivity index is 1.89. The zero-order chi connectivity index (χ0) is 10.9. The number of rotatable bonds is 6. The number of hydrogen-bond acceptors (Lipinski definition) is 3. The van der Waals surface area contributed by atoms with Crippen molar-refractivity contribution in [2.75, 3.05) is 13.1 Å². The van der Waals surface area contributed by atoms with Crippen molar-refractivity contribution in [2.45, 2.75) is 57.2 Å². The standard InChI is InChI=1S/C12H21N3/c1-3-15(11-6-7-11)9-12(2,8-13)14-10-4-5-10/h10-11,14H,3-7,9H2,1-2H3. The molecule has 3 heteroatoms. The van der Waals surface area contributed by atoms with Crippen LogP contribution in [-0.2, 0) is 0 Å². The SMILES string of the molecule is CCN(CC(C)(C#N)NC1CC1)C1CC1. The molecule has 0 aromatic carbocycles. The lowest BCUT2D eigenvalue weighted by atomic mass is 10.0. The van der Waals surface area contributed by atoms with Crippen LogP contribution in [0.5, 0.6) is 0 Å². The third-order valence-electron chi connectivity index (χ3n) is 3.34. The molecule has 0 aromatic heterocycles. The van der Waals surface area contributed by atoms with Gasteiger partial charge in [-0.2, -0.15) is 5.26 Å². The Bertz CT molecular complexity index is 263. The molecule has 0 radical (unpaired) electrons. The van der Waals surface area contributed by atoms with E-state index in [1.807, 2.05) is 6.92 Å². The number of hydrogen-bond donors (Lipinski definition) is 1. The second-order valence-electron chi connectivity index (χ2n) is 5.16. The lowest BCUT2D eigenvalue weighted by molar-refractivity contribution is 0.219. The Hall–Kier alpha value is -0.590. The van der Waals surface area contributed by atoms with Crippen LogP contribution in [0.4, 0.5) is 0 Å². The van der Waals surface area contributed by atoms with Gasteiger partial charge in [-0.3, -0.25) is 10.2 Å². The first-order valence-electron chi connectivity index (χ1n) is 6.10. The highest BCUT2D eigenvalue weighted by atomic mass is 15.2. The summed E-state index contributed by atoms with van der Waals surface area (Å²) < 4.78 is 0. The van der Waals surface area contributed by atoms with Crippen molar-refractivity contribution in [3.63, 3.8) is 0 Å². The predicted molar refractivity (Wildman–Crippen MR) is 60.4 cm³/mol. The molecule has 0 heterocycles. The lowest BCUT2D eigenvalue weighted by Crippen LogP contribution is -2.51. The van der Waals surface area contributed by atoms with Crippen molar-refractivity contribution >= 4 is 0 Å². The van der Waals surface area contributed by atoms with E-state index in [-0.39, 0.29) is 5.54 Å². The minimum absolute atomic E-state index is 0.347. The summed E-state index contributed by atoms with van der Waals surface area (Å²) in [6, 6.07) is 3.80. The monoisotopic (exact) mass is 207 g/mol. The molecule has 2 fully saturated rings. The van der Waals surface area contributed by atoms with Gasteiger partial charge in [0, 0.05) is 18.6 Å². The highest BCUT2D eigenvalue weighted by Gasteiger charge is 2.37. The van der Waals surface area contributed by atoms with E-state index in [2.05, 4.69) is 23.2 Å². The first-order valence-corrected chi connectivity index (χ1v) is 6.10. The van der Waals surface area contributed by atoms with Crippen LogP contribution >= 0.6 is 0 Å². The van der Waals surface area contributed by atoms with Crippen molar-refractivity contribution in [3.05, 3.63) is 0 Å². The number of likely N-dealkylation sites (N-methyl/N-ethyl adjacent to an activating group) is 1. The van der Waals surface area contributed by atoms with Gasteiger partial charge in [-0.25, -0.2) is 0 Å². The zero-order valence-electron chi connectivity index (χ0n) is 9.79. The minimum atomic E-state index is -0.347. The topological polar surface area (TPSA) is 39.1 Å². The Morgan fingerprint density at radius 1 is 1.40 bits per heavy atom. The van der Waals surface area contributed by atoms with Crippen LogP contribution in [0.2, 0.25) is 0 Å². The minimum Gasteiger partial charge on any atom is -0.298 e. The Kier molecular flexibility index (Phi) is 2.99. The summed E-state index contributed by atoms with van der Waals surface area (Å²) in [7, 11) is 0. The van der Waals surface area contributed by atoms with Crippen molar-refractivity contribution in [2.24, 2.45) is 0 Å². The highest BCUT2D eigenvalue weighted by molar-refractivity contribution is 5.09. The van der Waals surface area contributed by atoms with Gasteiger partial charge >= 0.3 is 0 Å². The number of nitrogens with zero attached hydrogens (tertiary/aromatic N) is 2. The summed E-state index contributed by atoms with van der Waals surface area (Å²) in [5.74, 6) is 0. The summed E-state index contributed by atoms with van der Waals surface area (Å²) in [6.45, 7) is 6.17. The maximum Gasteiger partial charge on any atom is 0.116 e. The fourth-order valence-corrected chi connectivity index (χ4v) is 2.14. The number of nitriles is 1. The molecule has 0 spiro atoms. The quantitative estimate of drug-likeness (QED) is 0.717. The van der Waals surface area contributed by atoms with Crippen molar-refractivity contribution < 1.29 is 0 Å². The molecule has 1 N–H and O–H groups in total. The molecule has 3 nitrogen and oxygen atoms in total. The van der Waals surface area contributed by atoms with Gasteiger partial charge in [0.15, 0.2) is 0 Å². The zero-order valence-corrected chi connectivity index (χ0v) is 9.79. The summed E-state index contributed by atoms with van der Waals surface area (Å²) in [5.41, 5.74) is -0.347. The Labute approximate surface area is 92.4 Å². The summed E-state index contributed by atoms with van der Waals surface area (Å²) in [5, 5.41) is 12.7. The normalized spacial score (nSPS) is 24.9. The van der Waals surface area contributed by atoms with Gasteiger partial charge in [-0.15, -0.1) is 0 Å². The van der Waals surface area contributed by atoms with Crippen LogP contribution in [0.1, 0.15) is 39.5 Å². The van der Waals surface area contributed by atoms with E-state index in [0.717, 1.165) is 19.1 Å². The molecular weight excluding hydrogens is 186 g/mol. The highest BCUT2D eigenvalue weighted by Crippen LogP contribution is 2.29. The largest absolute Gasteiger partial charge is 0.298 e. The van der Waals surface area contributed by atoms with E-state index >= 15 is 0 Å². The summed E-state index contributed by atoms with van der Waals surface area (Å²) >= 11 is 0. The van der Waals surface area contributed by atoms with Gasteiger partial charge in [0.2, 0.25) is 0 Å². The fourth-order valence-electron chi connectivity index (χ4n) is 2.14. The molecule has 0 saturated heterocycles. The third-order valence-corrected chi connectivity index (χ3v) is 3.34. The predicted octanol–water partition coefficient (Wildman–Crippen LogP) is 1.50. The number of nitrogens with one attached hydrogen (secondary N) is 1. The Morgan fingerprint density at radius 3 is 2.47 bits per heavy atom. The smallest absolute Gasteiger partial charge is 0.116 e. The van der Waals surface area contributed by atoms with Gasteiger partial charge in [-0.1, -0.05) is 6.92 Å². The van der Waals surface area contributed by atoms with E-state index in [4.69, 9.17) is 0 Å². The first kappa shape index (κ1) is 10.9. The van der Waals surface area contributed by atoms with Gasteiger partial charge in [-0.05, 0) is 39.2 Å². The molecule has 2 rings (SSSR count). The molecule has 2 aliphatic carbocycles. The summed E-state index contributed by atoms with van der Waals surface area (Å²) in [4.78, 5) is 2.44. The first-order chi connectivity index (χ1) is 7.17. The lowest BCUT2D eigenvalue weighted by Gasteiger charge is -2.30. The van der Waals surface area contributed by atoms with Gasteiger partial charge in [0.25, 0.3) is 0 Å². The van der Waals surface area contributed by atoms with Crippen LogP contribution in [0, 0.1) is 11.3 Å². The summed E-state index contributed by atoms with van der Waals surface area (Å²) in [6.07, 6.45) is 5.12. The van der Waals surface area contributed by atoms with Crippen LogP contribution in [-0.4, -0.2) is 35.6 Å². The van der Waals surface area contributed by atoms with Crippen molar-refractivity contribution in [1.29, 1.82) is 5.26 Å². The average Bonchev–Trinajstić information content (AvgIpc) is 3.06. The maximum absolute atomic E-state index is 9.27. The molecule has 2 aliphatic rings. The van der Waals surface area contributed by atoms with Crippen molar-refractivity contribution in [3.8, 4) is 6.07 Å². The van der Waals surface area contributed by atoms with Crippen LogP contribution < -0.4 is 5.32 Å². The molecule has 0 amide bonds. The van der Waals surface area contributed by atoms with Crippen LogP contribution in [0.15, 0.2) is 0 Å². The van der Waals surface area contributed by atoms with E-state index in [1.165, 1.54) is 25.7 Å². The van der Waals surface area contributed by atoms with Crippen molar-refractivity contribution in [1.82, 2.24) is 10.2 Å². The Morgan fingerprint density at radius 2 is 2.07 bits per heavy atom. The maximum atomic E-state index is 9.27. The average molecular weight is 207 g/mol. The van der Waals surface area contributed by atoms with E-state index in [0.29, 0.717) is 6.04 Å². The molecule has 0 aromatic rings. The van der Waals surface area contributed by atoms with E-state index in [1.54, 1.807) is 0 Å².